The molecule has 1 aromatic carbocycles. The zero-order chi connectivity index (χ0) is 13.9. The largest absolute Gasteiger partial charge is 0.463 e. The maximum absolute atomic E-state index is 11.7. The third-order valence-electron chi connectivity index (χ3n) is 3.58. The number of fused-ring (bicyclic) bond motifs is 1. The van der Waals surface area contributed by atoms with Gasteiger partial charge >= 0.3 is 5.97 Å². The minimum absolute atomic E-state index is 0.00403. The second-order valence-electron chi connectivity index (χ2n) is 4.76. The first-order chi connectivity index (χ1) is 9.79. The summed E-state index contributed by atoms with van der Waals surface area (Å²) in [5, 5.41) is 0. The number of hydrogen-bond acceptors (Lipinski definition) is 5. The van der Waals surface area contributed by atoms with Crippen molar-refractivity contribution in [2.24, 2.45) is 5.92 Å². The molecule has 0 unspecified atom stereocenters. The molecule has 5 nitrogen and oxygen atoms in total. The van der Waals surface area contributed by atoms with Gasteiger partial charge in [-0.1, -0.05) is 30.3 Å². The molecule has 0 radical (unpaired) electrons. The molecule has 5 heteroatoms. The number of esters is 1. The first kappa shape index (κ1) is 13.1. The van der Waals surface area contributed by atoms with Crippen molar-refractivity contribution in [1.82, 2.24) is 0 Å². The van der Waals surface area contributed by atoms with E-state index in [0.29, 0.717) is 6.61 Å². The number of methoxy groups -OCH3 is 1. The van der Waals surface area contributed by atoms with Crippen molar-refractivity contribution in [1.29, 1.82) is 0 Å². The Balaban J connectivity index is 1.96. The van der Waals surface area contributed by atoms with Gasteiger partial charge in [0.2, 0.25) is 12.0 Å². The second kappa shape index (κ2) is 5.64. The van der Waals surface area contributed by atoms with E-state index in [2.05, 4.69) is 0 Å². The number of carbonyl (C=O) groups excluding carboxylic acids is 1. The quantitative estimate of drug-likeness (QED) is 0.771. The lowest BCUT2D eigenvalue weighted by Crippen LogP contribution is -2.42. The van der Waals surface area contributed by atoms with E-state index in [1.807, 2.05) is 30.3 Å². The van der Waals surface area contributed by atoms with Gasteiger partial charge in [0.25, 0.3) is 0 Å². The summed E-state index contributed by atoms with van der Waals surface area (Å²) in [5.74, 6) is -0.257. The van der Waals surface area contributed by atoms with Gasteiger partial charge in [-0.3, -0.25) is 0 Å². The van der Waals surface area contributed by atoms with Crippen LogP contribution in [0.2, 0.25) is 0 Å². The van der Waals surface area contributed by atoms with Crippen LogP contribution >= 0.6 is 0 Å². The highest BCUT2D eigenvalue weighted by molar-refractivity contribution is 5.86. The molecule has 0 bridgehead atoms. The Labute approximate surface area is 117 Å². The summed E-state index contributed by atoms with van der Waals surface area (Å²) in [4.78, 5) is 11.7. The Kier molecular flexibility index (Phi) is 3.71. The Bertz CT molecular complexity index is 510. The maximum atomic E-state index is 11.7. The molecule has 0 saturated carbocycles. The number of benzene rings is 1. The van der Waals surface area contributed by atoms with E-state index in [0.717, 1.165) is 5.56 Å². The molecule has 0 aromatic heterocycles. The molecule has 1 saturated heterocycles. The summed E-state index contributed by atoms with van der Waals surface area (Å²) in [6.45, 7) is 0.715. The van der Waals surface area contributed by atoms with Gasteiger partial charge in [-0.25, -0.2) is 4.79 Å². The van der Waals surface area contributed by atoms with Crippen molar-refractivity contribution in [2.75, 3.05) is 20.5 Å². The lowest BCUT2D eigenvalue weighted by Gasteiger charge is -2.39. The Morgan fingerprint density at radius 2 is 2.10 bits per heavy atom. The molecule has 106 valence electrons. The molecule has 1 fully saturated rings. The normalized spacial score (nSPS) is 28.9. The van der Waals surface area contributed by atoms with Crippen molar-refractivity contribution >= 4 is 5.97 Å². The van der Waals surface area contributed by atoms with Crippen LogP contribution < -0.4 is 0 Å². The van der Waals surface area contributed by atoms with E-state index in [1.54, 1.807) is 6.08 Å². The first-order valence-electron chi connectivity index (χ1n) is 6.50. The second-order valence-corrected chi connectivity index (χ2v) is 4.76. The summed E-state index contributed by atoms with van der Waals surface area (Å²) < 4.78 is 21.1. The van der Waals surface area contributed by atoms with Crippen molar-refractivity contribution in [3.05, 3.63) is 47.7 Å². The lowest BCUT2D eigenvalue weighted by atomic mass is 9.83. The smallest absolute Gasteiger partial charge is 0.373 e. The van der Waals surface area contributed by atoms with Crippen LogP contribution in [0.15, 0.2) is 42.2 Å². The topological polar surface area (TPSA) is 54.0 Å². The van der Waals surface area contributed by atoms with E-state index in [9.17, 15) is 4.79 Å². The number of ether oxygens (including phenoxy) is 4. The molecule has 3 rings (SSSR count). The van der Waals surface area contributed by atoms with E-state index in [1.165, 1.54) is 7.11 Å². The molecule has 0 spiro atoms. The fourth-order valence-electron chi connectivity index (χ4n) is 2.58. The van der Waals surface area contributed by atoms with Crippen LogP contribution in [0.5, 0.6) is 0 Å². The standard InChI is InChI=1S/C15H16O5/c1-17-14(16)13-7-11(10-5-3-2-4-6-10)12-8-18-9-19-15(12)20-13/h2-7,11-12,15H,8-9H2,1H3/t11-,12-,15+/m1/s1. The van der Waals surface area contributed by atoms with Gasteiger partial charge in [0.1, 0.15) is 0 Å². The number of carbonyl (C=O) groups is 1. The van der Waals surface area contributed by atoms with Crippen LogP contribution in [-0.2, 0) is 23.7 Å². The van der Waals surface area contributed by atoms with Gasteiger partial charge in [-0.15, -0.1) is 0 Å². The zero-order valence-corrected chi connectivity index (χ0v) is 11.2. The predicted octanol–water partition coefficient (Wildman–Crippen LogP) is 1.80. The predicted molar refractivity (Wildman–Crippen MR) is 69.5 cm³/mol. The number of rotatable bonds is 2. The highest BCUT2D eigenvalue weighted by atomic mass is 16.8. The summed E-state index contributed by atoms with van der Waals surface area (Å²) in [6, 6.07) is 9.94. The molecule has 1 aromatic rings. The van der Waals surface area contributed by atoms with Gasteiger partial charge in [-0.05, 0) is 11.6 Å². The van der Waals surface area contributed by atoms with Crippen molar-refractivity contribution in [3.8, 4) is 0 Å². The van der Waals surface area contributed by atoms with E-state index >= 15 is 0 Å². The molecule has 3 atom stereocenters. The molecule has 0 aliphatic carbocycles. The fourth-order valence-corrected chi connectivity index (χ4v) is 2.58. The van der Waals surface area contributed by atoms with Crippen molar-refractivity contribution < 1.29 is 23.7 Å². The van der Waals surface area contributed by atoms with Gasteiger partial charge in [0.05, 0.1) is 19.6 Å². The molecule has 2 aliphatic heterocycles. The number of hydrogen-bond donors (Lipinski definition) is 0. The van der Waals surface area contributed by atoms with Crippen molar-refractivity contribution in [2.45, 2.75) is 12.2 Å². The lowest BCUT2D eigenvalue weighted by molar-refractivity contribution is -0.260. The van der Waals surface area contributed by atoms with Crippen molar-refractivity contribution in [3.63, 3.8) is 0 Å². The third-order valence-corrected chi connectivity index (χ3v) is 3.58. The Morgan fingerprint density at radius 1 is 1.30 bits per heavy atom. The van der Waals surface area contributed by atoms with E-state index in [4.69, 9.17) is 18.9 Å². The Hall–Kier alpha value is -1.85. The van der Waals surface area contributed by atoms with Crippen LogP contribution in [0.4, 0.5) is 0 Å². The molecule has 0 amide bonds. The number of allylic oxidation sites excluding steroid dienone is 1. The average Bonchev–Trinajstić information content (AvgIpc) is 2.54. The van der Waals surface area contributed by atoms with E-state index < -0.39 is 12.3 Å². The van der Waals surface area contributed by atoms with Crippen LogP contribution in [0, 0.1) is 5.92 Å². The fraction of sp³-hybridized carbons (Fsp3) is 0.400. The highest BCUT2D eigenvalue weighted by Gasteiger charge is 2.40. The highest BCUT2D eigenvalue weighted by Crippen LogP contribution is 2.38. The van der Waals surface area contributed by atoms with Gasteiger partial charge in [0, 0.05) is 5.92 Å². The van der Waals surface area contributed by atoms with Crippen LogP contribution in [-0.4, -0.2) is 32.8 Å². The molecular weight excluding hydrogens is 260 g/mol. The maximum Gasteiger partial charge on any atom is 0.373 e. The van der Waals surface area contributed by atoms with Gasteiger partial charge < -0.3 is 18.9 Å². The van der Waals surface area contributed by atoms with Crippen LogP contribution in [0.25, 0.3) is 0 Å². The minimum Gasteiger partial charge on any atom is -0.463 e. The molecular formula is C15H16O5. The summed E-state index contributed by atoms with van der Waals surface area (Å²) in [7, 11) is 1.33. The first-order valence-corrected chi connectivity index (χ1v) is 6.50. The Morgan fingerprint density at radius 3 is 2.85 bits per heavy atom. The molecule has 2 aliphatic rings. The van der Waals surface area contributed by atoms with Crippen LogP contribution in [0.3, 0.4) is 0 Å². The van der Waals surface area contributed by atoms with E-state index in [-0.39, 0.29) is 24.4 Å². The zero-order valence-electron chi connectivity index (χ0n) is 11.2. The van der Waals surface area contributed by atoms with Gasteiger partial charge in [-0.2, -0.15) is 0 Å². The molecule has 2 heterocycles. The summed E-state index contributed by atoms with van der Waals surface area (Å²) in [5.41, 5.74) is 1.10. The SMILES string of the molecule is COC(=O)C1=C[C@H](c2ccccc2)[C@H]2COCO[C@H]2O1. The van der Waals surface area contributed by atoms with Gasteiger partial charge in [0.15, 0.2) is 6.79 Å². The monoisotopic (exact) mass is 276 g/mol. The minimum atomic E-state index is -0.487. The third kappa shape index (κ3) is 2.42. The van der Waals surface area contributed by atoms with Crippen LogP contribution in [0.1, 0.15) is 11.5 Å². The average molecular weight is 276 g/mol. The summed E-state index contributed by atoms with van der Waals surface area (Å²) >= 11 is 0. The summed E-state index contributed by atoms with van der Waals surface area (Å²) in [6.07, 6.45) is 1.31. The molecule has 20 heavy (non-hydrogen) atoms. The molecule has 0 N–H and O–H groups in total.